The number of hydrogen-bond acceptors (Lipinski definition) is 4. The van der Waals surface area contributed by atoms with Crippen LogP contribution in [0.15, 0.2) is 54.6 Å². The van der Waals surface area contributed by atoms with Crippen LogP contribution in [0.25, 0.3) is 11.4 Å². The summed E-state index contributed by atoms with van der Waals surface area (Å²) in [5.41, 5.74) is 8.60. The third-order valence-electron chi connectivity index (χ3n) is 3.64. The number of rotatable bonds is 5. The second kappa shape index (κ2) is 7.06. The van der Waals surface area contributed by atoms with Crippen molar-refractivity contribution in [3.8, 4) is 11.4 Å². The summed E-state index contributed by atoms with van der Waals surface area (Å²) in [5, 5.41) is 9.75. The first-order chi connectivity index (χ1) is 11.6. The number of nitrogens with one attached hydrogen (secondary N) is 2. The molecule has 6 heteroatoms. The van der Waals surface area contributed by atoms with Crippen LogP contribution < -0.4 is 11.1 Å². The highest BCUT2D eigenvalue weighted by molar-refractivity contribution is 5.95. The molecule has 1 unspecified atom stereocenters. The van der Waals surface area contributed by atoms with Gasteiger partial charge in [0.2, 0.25) is 5.91 Å². The third-order valence-corrected chi connectivity index (χ3v) is 3.64. The first kappa shape index (κ1) is 15.9. The summed E-state index contributed by atoms with van der Waals surface area (Å²) >= 11 is 0. The maximum atomic E-state index is 12.2. The molecule has 1 amide bonds. The van der Waals surface area contributed by atoms with Gasteiger partial charge in [-0.25, -0.2) is 4.98 Å². The number of carbonyl (C=O) groups is 1. The fourth-order valence-electron chi connectivity index (χ4n) is 2.37. The van der Waals surface area contributed by atoms with E-state index in [4.69, 9.17) is 5.73 Å². The molecule has 24 heavy (non-hydrogen) atoms. The smallest absolute Gasteiger partial charge is 0.241 e. The van der Waals surface area contributed by atoms with Crippen molar-refractivity contribution in [1.82, 2.24) is 15.2 Å². The van der Waals surface area contributed by atoms with E-state index in [-0.39, 0.29) is 5.91 Å². The van der Waals surface area contributed by atoms with Gasteiger partial charge in [-0.2, -0.15) is 5.10 Å². The second-order valence-corrected chi connectivity index (χ2v) is 5.61. The van der Waals surface area contributed by atoms with E-state index in [1.54, 1.807) is 0 Å². The van der Waals surface area contributed by atoms with E-state index in [0.717, 1.165) is 17.0 Å². The zero-order valence-electron chi connectivity index (χ0n) is 13.4. The zero-order chi connectivity index (χ0) is 16.9. The monoisotopic (exact) mass is 321 g/mol. The van der Waals surface area contributed by atoms with Crippen LogP contribution in [0.5, 0.6) is 0 Å². The number of amides is 1. The van der Waals surface area contributed by atoms with Crippen LogP contribution in [0.3, 0.4) is 0 Å². The molecule has 3 aromatic rings. The molecule has 2 aromatic carbocycles. The van der Waals surface area contributed by atoms with Gasteiger partial charge in [0, 0.05) is 11.3 Å². The van der Waals surface area contributed by atoms with Crippen LogP contribution in [0, 0.1) is 6.92 Å². The highest BCUT2D eigenvalue weighted by Crippen LogP contribution is 2.18. The summed E-state index contributed by atoms with van der Waals surface area (Å²) in [7, 11) is 0. The molecule has 0 saturated carbocycles. The molecule has 0 spiro atoms. The van der Waals surface area contributed by atoms with Crippen LogP contribution in [-0.2, 0) is 11.2 Å². The molecule has 0 fully saturated rings. The Labute approximate surface area is 140 Å². The predicted octanol–water partition coefficient (Wildman–Crippen LogP) is 2.29. The lowest BCUT2D eigenvalue weighted by Crippen LogP contribution is -2.37. The number of hydrogen-bond donors (Lipinski definition) is 3. The van der Waals surface area contributed by atoms with E-state index in [0.29, 0.717) is 17.9 Å². The lowest BCUT2D eigenvalue weighted by Gasteiger charge is -2.12. The summed E-state index contributed by atoms with van der Waals surface area (Å²) in [6.07, 6.45) is 0.501. The lowest BCUT2D eigenvalue weighted by atomic mass is 10.1. The fourth-order valence-corrected chi connectivity index (χ4v) is 2.37. The highest BCUT2D eigenvalue weighted by Gasteiger charge is 2.14. The van der Waals surface area contributed by atoms with E-state index < -0.39 is 6.04 Å². The summed E-state index contributed by atoms with van der Waals surface area (Å²) in [6.45, 7) is 1.85. The second-order valence-electron chi connectivity index (χ2n) is 5.61. The minimum Gasteiger partial charge on any atom is -0.325 e. The van der Waals surface area contributed by atoms with E-state index >= 15 is 0 Å². The summed E-state index contributed by atoms with van der Waals surface area (Å²) < 4.78 is 0. The Morgan fingerprint density at radius 2 is 1.88 bits per heavy atom. The Balaban J connectivity index is 1.62. The van der Waals surface area contributed by atoms with Crippen molar-refractivity contribution >= 4 is 11.6 Å². The van der Waals surface area contributed by atoms with E-state index in [9.17, 15) is 4.79 Å². The van der Waals surface area contributed by atoms with Gasteiger partial charge >= 0.3 is 0 Å². The van der Waals surface area contributed by atoms with Gasteiger partial charge in [0.15, 0.2) is 5.82 Å². The number of aromatic nitrogens is 3. The third kappa shape index (κ3) is 3.85. The van der Waals surface area contributed by atoms with Crippen LogP contribution in [0.4, 0.5) is 5.69 Å². The topological polar surface area (TPSA) is 96.7 Å². The van der Waals surface area contributed by atoms with Crippen molar-refractivity contribution < 1.29 is 4.79 Å². The summed E-state index contributed by atoms with van der Waals surface area (Å²) in [6, 6.07) is 16.5. The molecule has 3 rings (SSSR count). The van der Waals surface area contributed by atoms with Crippen molar-refractivity contribution in [3.05, 3.63) is 66.0 Å². The molecule has 1 heterocycles. The maximum Gasteiger partial charge on any atom is 0.241 e. The maximum absolute atomic E-state index is 12.2. The van der Waals surface area contributed by atoms with E-state index in [1.807, 2.05) is 61.5 Å². The zero-order valence-corrected chi connectivity index (χ0v) is 13.4. The quantitative estimate of drug-likeness (QED) is 0.671. The molecule has 0 aliphatic carbocycles. The number of anilines is 1. The number of nitrogens with two attached hydrogens (primary N) is 1. The molecule has 0 aliphatic rings. The molecule has 6 nitrogen and oxygen atoms in total. The average Bonchev–Trinajstić information content (AvgIpc) is 3.03. The van der Waals surface area contributed by atoms with Crippen LogP contribution in [0.2, 0.25) is 0 Å². The Morgan fingerprint density at radius 3 is 2.50 bits per heavy atom. The molecule has 122 valence electrons. The van der Waals surface area contributed by atoms with Crippen molar-refractivity contribution in [2.24, 2.45) is 5.73 Å². The Morgan fingerprint density at radius 1 is 1.17 bits per heavy atom. The van der Waals surface area contributed by atoms with Gasteiger partial charge in [0.05, 0.1) is 6.04 Å². The highest BCUT2D eigenvalue weighted by atomic mass is 16.2. The molecule has 1 atom stereocenters. The molecule has 0 bridgehead atoms. The molecular weight excluding hydrogens is 302 g/mol. The van der Waals surface area contributed by atoms with Gasteiger partial charge in [-0.05, 0) is 43.2 Å². The van der Waals surface area contributed by atoms with Gasteiger partial charge in [-0.3, -0.25) is 9.89 Å². The average molecular weight is 321 g/mol. The Hall–Kier alpha value is -2.99. The van der Waals surface area contributed by atoms with Crippen molar-refractivity contribution in [3.63, 3.8) is 0 Å². The summed E-state index contributed by atoms with van der Waals surface area (Å²) in [5.74, 6) is 1.18. The predicted molar refractivity (Wildman–Crippen MR) is 93.3 cm³/mol. The molecule has 4 N–H and O–H groups in total. The van der Waals surface area contributed by atoms with E-state index in [2.05, 4.69) is 20.5 Å². The van der Waals surface area contributed by atoms with Gasteiger partial charge in [0.1, 0.15) is 5.82 Å². The standard InChI is InChI=1S/C18H19N5O/c1-12-20-17(23-22-12)14-7-9-15(10-8-14)21-18(24)16(19)11-13-5-3-2-4-6-13/h2-10,16H,11,19H2,1H3,(H,21,24)(H,20,22,23). The number of benzene rings is 2. The van der Waals surface area contributed by atoms with E-state index in [1.165, 1.54) is 0 Å². The molecule has 0 saturated heterocycles. The fraction of sp³-hybridized carbons (Fsp3) is 0.167. The normalized spacial score (nSPS) is 11.9. The van der Waals surface area contributed by atoms with Crippen molar-refractivity contribution in [1.29, 1.82) is 0 Å². The van der Waals surface area contributed by atoms with Gasteiger partial charge in [0.25, 0.3) is 0 Å². The molecule has 0 aliphatic heterocycles. The number of aryl methyl sites for hydroxylation is 1. The largest absolute Gasteiger partial charge is 0.325 e. The SMILES string of the molecule is Cc1nc(-c2ccc(NC(=O)C(N)Cc3ccccc3)cc2)n[nH]1. The first-order valence-electron chi connectivity index (χ1n) is 7.71. The number of nitrogens with zero attached hydrogens (tertiary/aromatic N) is 2. The van der Waals surface area contributed by atoms with Crippen LogP contribution in [0.1, 0.15) is 11.4 Å². The Kier molecular flexibility index (Phi) is 4.67. The molecular formula is C18H19N5O. The minimum absolute atomic E-state index is 0.208. The lowest BCUT2D eigenvalue weighted by molar-refractivity contribution is -0.117. The van der Waals surface area contributed by atoms with Crippen molar-refractivity contribution in [2.75, 3.05) is 5.32 Å². The van der Waals surface area contributed by atoms with Crippen molar-refractivity contribution in [2.45, 2.75) is 19.4 Å². The Bertz CT molecular complexity index is 811. The van der Waals surface area contributed by atoms with Gasteiger partial charge in [-0.15, -0.1) is 0 Å². The summed E-state index contributed by atoms with van der Waals surface area (Å²) in [4.78, 5) is 16.5. The van der Waals surface area contributed by atoms with Gasteiger partial charge in [-0.1, -0.05) is 30.3 Å². The van der Waals surface area contributed by atoms with Crippen LogP contribution in [-0.4, -0.2) is 27.1 Å². The molecule has 1 aromatic heterocycles. The number of H-pyrrole nitrogens is 1. The molecule has 0 radical (unpaired) electrons. The number of aromatic amines is 1. The minimum atomic E-state index is -0.595. The number of carbonyl (C=O) groups excluding carboxylic acids is 1. The van der Waals surface area contributed by atoms with Crippen LogP contribution >= 0.6 is 0 Å². The van der Waals surface area contributed by atoms with Gasteiger partial charge < -0.3 is 11.1 Å². The first-order valence-corrected chi connectivity index (χ1v) is 7.71.